The van der Waals surface area contributed by atoms with Crippen molar-refractivity contribution < 1.29 is 13.2 Å². The van der Waals surface area contributed by atoms with Crippen LogP contribution in [0.4, 0.5) is 13.2 Å². The van der Waals surface area contributed by atoms with Crippen LogP contribution in [0.25, 0.3) is 0 Å². The minimum absolute atomic E-state index is 0.112. The highest BCUT2D eigenvalue weighted by Gasteiger charge is 2.32. The molecule has 0 saturated carbocycles. The molecule has 2 nitrogen and oxygen atoms in total. The second kappa shape index (κ2) is 4.49. The average Bonchev–Trinajstić information content (AvgIpc) is 2.42. The van der Waals surface area contributed by atoms with Gasteiger partial charge in [-0.3, -0.25) is 4.90 Å². The second-order valence-corrected chi connectivity index (χ2v) is 4.05. The Balaban J connectivity index is 2.32. The Kier molecular flexibility index (Phi) is 3.78. The van der Waals surface area contributed by atoms with E-state index in [0.717, 1.165) is 6.42 Å². The molecule has 1 heterocycles. The summed E-state index contributed by atoms with van der Waals surface area (Å²) in [6.45, 7) is 3.37. The van der Waals surface area contributed by atoms with Crippen LogP contribution in [0.5, 0.6) is 0 Å². The number of hydrogen-bond donors (Lipinski definition) is 1. The van der Waals surface area contributed by atoms with Crippen LogP contribution < -0.4 is 5.73 Å². The van der Waals surface area contributed by atoms with Crippen molar-refractivity contribution in [3.8, 4) is 0 Å². The van der Waals surface area contributed by atoms with Crippen molar-refractivity contribution in [1.82, 2.24) is 4.90 Å². The highest BCUT2D eigenvalue weighted by atomic mass is 19.4. The first kappa shape index (κ1) is 11.8. The van der Waals surface area contributed by atoms with Gasteiger partial charge in [0.1, 0.15) is 0 Å². The first-order valence-corrected chi connectivity index (χ1v) is 4.93. The summed E-state index contributed by atoms with van der Waals surface area (Å²) in [4.78, 5) is 1.88. The zero-order chi connectivity index (χ0) is 10.8. The molecule has 5 heteroatoms. The first-order chi connectivity index (χ1) is 6.42. The summed E-state index contributed by atoms with van der Waals surface area (Å²) in [5.41, 5.74) is 5.49. The second-order valence-electron chi connectivity index (χ2n) is 4.05. The fourth-order valence-corrected chi connectivity index (χ4v) is 1.97. The van der Waals surface area contributed by atoms with E-state index in [1.54, 1.807) is 0 Å². The fraction of sp³-hybridized carbons (Fsp3) is 1.00. The lowest BCUT2D eigenvalue weighted by atomic mass is 10.1. The molecule has 0 amide bonds. The van der Waals surface area contributed by atoms with Gasteiger partial charge in [-0.1, -0.05) is 0 Å². The van der Waals surface area contributed by atoms with Gasteiger partial charge >= 0.3 is 6.18 Å². The van der Waals surface area contributed by atoms with Crippen LogP contribution in [0, 0.1) is 5.92 Å². The minimum Gasteiger partial charge on any atom is -0.330 e. The molecule has 1 fully saturated rings. The van der Waals surface area contributed by atoms with Gasteiger partial charge in [0.05, 0.1) is 6.42 Å². The van der Waals surface area contributed by atoms with Crippen LogP contribution in [-0.4, -0.2) is 36.8 Å². The third-order valence-electron chi connectivity index (χ3n) is 2.81. The van der Waals surface area contributed by atoms with Crippen molar-refractivity contribution in [2.45, 2.75) is 32.0 Å². The standard InChI is InChI=1S/C9H17F3N2/c1-7-4-8(5-13)6-14(7)3-2-9(10,11)12/h7-8H,2-6,13H2,1H3. The van der Waals surface area contributed by atoms with E-state index < -0.39 is 12.6 Å². The van der Waals surface area contributed by atoms with Crippen LogP contribution in [0.2, 0.25) is 0 Å². The molecule has 0 bridgehead atoms. The number of nitrogens with zero attached hydrogens (tertiary/aromatic N) is 1. The summed E-state index contributed by atoms with van der Waals surface area (Å²) in [6, 6.07) is 0.242. The Hall–Kier alpha value is -0.290. The maximum Gasteiger partial charge on any atom is 0.390 e. The number of hydrogen-bond acceptors (Lipinski definition) is 2. The number of halogens is 3. The molecule has 1 aliphatic rings. The van der Waals surface area contributed by atoms with Gasteiger partial charge in [-0.2, -0.15) is 13.2 Å². The third-order valence-corrected chi connectivity index (χ3v) is 2.81. The first-order valence-electron chi connectivity index (χ1n) is 4.93. The van der Waals surface area contributed by atoms with Crippen molar-refractivity contribution >= 4 is 0 Å². The van der Waals surface area contributed by atoms with Gasteiger partial charge in [0, 0.05) is 19.1 Å². The zero-order valence-electron chi connectivity index (χ0n) is 8.35. The van der Waals surface area contributed by atoms with Gasteiger partial charge in [0.15, 0.2) is 0 Å². The van der Waals surface area contributed by atoms with E-state index in [-0.39, 0.29) is 12.6 Å². The molecule has 0 spiro atoms. The number of nitrogens with two attached hydrogens (primary N) is 1. The van der Waals surface area contributed by atoms with Crippen LogP contribution in [-0.2, 0) is 0 Å². The summed E-state index contributed by atoms with van der Waals surface area (Å²) in [6.07, 6.45) is -3.83. The van der Waals surface area contributed by atoms with E-state index in [1.807, 2.05) is 11.8 Å². The molecule has 1 saturated heterocycles. The smallest absolute Gasteiger partial charge is 0.330 e. The van der Waals surface area contributed by atoms with E-state index in [4.69, 9.17) is 5.73 Å². The molecule has 14 heavy (non-hydrogen) atoms. The molecule has 1 aliphatic heterocycles. The van der Waals surface area contributed by atoms with Crippen molar-refractivity contribution in [1.29, 1.82) is 0 Å². The molecule has 2 atom stereocenters. The van der Waals surface area contributed by atoms with Crippen molar-refractivity contribution in [2.75, 3.05) is 19.6 Å². The van der Waals surface area contributed by atoms with Crippen molar-refractivity contribution in [2.24, 2.45) is 11.7 Å². The Bertz CT molecular complexity index is 181. The van der Waals surface area contributed by atoms with E-state index in [0.29, 0.717) is 19.0 Å². The van der Waals surface area contributed by atoms with Crippen molar-refractivity contribution in [3.05, 3.63) is 0 Å². The van der Waals surface area contributed by atoms with Gasteiger partial charge in [-0.15, -0.1) is 0 Å². The van der Waals surface area contributed by atoms with Crippen LogP contribution >= 0.6 is 0 Å². The minimum atomic E-state index is -4.04. The van der Waals surface area contributed by atoms with Crippen LogP contribution in [0.3, 0.4) is 0 Å². The molecule has 0 aromatic heterocycles. The number of alkyl halides is 3. The molecular weight excluding hydrogens is 193 g/mol. The maximum absolute atomic E-state index is 12.0. The number of rotatable bonds is 3. The topological polar surface area (TPSA) is 29.3 Å². The molecular formula is C9H17F3N2. The zero-order valence-corrected chi connectivity index (χ0v) is 8.35. The summed E-state index contributed by atoms with van der Waals surface area (Å²) in [5, 5.41) is 0. The Morgan fingerprint density at radius 1 is 1.43 bits per heavy atom. The molecule has 84 valence electrons. The Morgan fingerprint density at radius 2 is 2.07 bits per heavy atom. The van der Waals surface area contributed by atoms with E-state index in [1.165, 1.54) is 0 Å². The van der Waals surface area contributed by atoms with Gasteiger partial charge < -0.3 is 5.73 Å². The number of likely N-dealkylation sites (tertiary alicyclic amines) is 1. The lowest BCUT2D eigenvalue weighted by Crippen LogP contribution is -2.31. The summed E-state index contributed by atoms with van der Waals surface area (Å²) < 4.78 is 35.9. The highest BCUT2D eigenvalue weighted by Crippen LogP contribution is 2.25. The average molecular weight is 210 g/mol. The lowest BCUT2D eigenvalue weighted by Gasteiger charge is -2.21. The highest BCUT2D eigenvalue weighted by molar-refractivity contribution is 4.83. The summed E-state index contributed by atoms with van der Waals surface area (Å²) in [7, 11) is 0. The van der Waals surface area contributed by atoms with Gasteiger partial charge in [-0.05, 0) is 25.8 Å². The molecule has 0 aliphatic carbocycles. The van der Waals surface area contributed by atoms with E-state index in [9.17, 15) is 13.2 Å². The van der Waals surface area contributed by atoms with E-state index >= 15 is 0 Å². The van der Waals surface area contributed by atoms with Gasteiger partial charge in [0.2, 0.25) is 0 Å². The lowest BCUT2D eigenvalue weighted by molar-refractivity contribution is -0.138. The Morgan fingerprint density at radius 3 is 2.50 bits per heavy atom. The molecule has 1 rings (SSSR count). The normalized spacial score (nSPS) is 29.8. The molecule has 2 unspecified atom stereocenters. The van der Waals surface area contributed by atoms with Crippen LogP contribution in [0.15, 0.2) is 0 Å². The quantitative estimate of drug-likeness (QED) is 0.766. The monoisotopic (exact) mass is 210 g/mol. The molecule has 0 aromatic rings. The van der Waals surface area contributed by atoms with Crippen LogP contribution in [0.1, 0.15) is 19.8 Å². The molecule has 2 N–H and O–H groups in total. The largest absolute Gasteiger partial charge is 0.390 e. The Labute approximate surface area is 82.2 Å². The maximum atomic E-state index is 12.0. The van der Waals surface area contributed by atoms with Gasteiger partial charge in [0.25, 0.3) is 0 Å². The SMILES string of the molecule is CC1CC(CN)CN1CCC(F)(F)F. The predicted octanol–water partition coefficient (Wildman–Crippen LogP) is 1.61. The third kappa shape index (κ3) is 3.46. The van der Waals surface area contributed by atoms with E-state index in [2.05, 4.69) is 0 Å². The fourth-order valence-electron chi connectivity index (χ4n) is 1.97. The summed E-state index contributed by atoms with van der Waals surface area (Å²) >= 11 is 0. The molecule has 0 radical (unpaired) electrons. The van der Waals surface area contributed by atoms with Crippen molar-refractivity contribution in [3.63, 3.8) is 0 Å². The predicted molar refractivity (Wildman–Crippen MR) is 48.9 cm³/mol. The molecule has 0 aromatic carbocycles. The summed E-state index contributed by atoms with van der Waals surface area (Å²) in [5.74, 6) is 0.373. The van der Waals surface area contributed by atoms with Gasteiger partial charge in [-0.25, -0.2) is 0 Å².